The molecule has 0 aliphatic carbocycles. The lowest BCUT2D eigenvalue weighted by molar-refractivity contribution is 0.406. The molecular weight excluding hydrogens is 402 g/mol. The first-order chi connectivity index (χ1) is 15.2. The molecule has 1 aliphatic rings. The maximum atomic E-state index is 5.28. The number of aryl methyl sites for hydroxylation is 1. The van der Waals surface area contributed by atoms with Crippen LogP contribution in [0, 0.1) is 6.92 Å². The van der Waals surface area contributed by atoms with Crippen LogP contribution in [-0.4, -0.2) is 22.2 Å². The third kappa shape index (κ3) is 4.14. The van der Waals surface area contributed by atoms with Gasteiger partial charge in [0, 0.05) is 24.0 Å². The van der Waals surface area contributed by atoms with Crippen molar-refractivity contribution in [2.75, 3.05) is 7.11 Å². The number of para-hydroxylation sites is 1. The number of ether oxygens (including phenoxy) is 1. The Hall–Kier alpha value is -3.31. The number of rotatable bonds is 4. The lowest BCUT2D eigenvalue weighted by atomic mass is 10.1. The Morgan fingerprint density at radius 2 is 1.81 bits per heavy atom. The third-order valence-corrected chi connectivity index (χ3v) is 6.50. The molecule has 0 bridgehead atoms. The first-order valence-corrected chi connectivity index (χ1v) is 11.1. The predicted octanol–water partition coefficient (Wildman–Crippen LogP) is 6.35. The highest BCUT2D eigenvalue weighted by Crippen LogP contribution is 2.36. The highest BCUT2D eigenvalue weighted by Gasteiger charge is 2.25. The Balaban J connectivity index is 1.56. The minimum atomic E-state index is 0.781. The van der Waals surface area contributed by atoms with Gasteiger partial charge in [0.05, 0.1) is 18.3 Å². The predicted molar refractivity (Wildman–Crippen MR) is 128 cm³/mol. The van der Waals surface area contributed by atoms with E-state index in [0.717, 1.165) is 40.2 Å². The largest absolute Gasteiger partial charge is 0.497 e. The Morgan fingerprint density at radius 3 is 2.58 bits per heavy atom. The molecular formula is C26H23N3OS. The van der Waals surface area contributed by atoms with E-state index in [0.29, 0.717) is 0 Å². The maximum Gasteiger partial charge on any atom is 0.171 e. The molecule has 0 unspecified atom stereocenters. The van der Waals surface area contributed by atoms with E-state index in [4.69, 9.17) is 14.7 Å². The number of amidine groups is 1. The molecule has 1 aliphatic heterocycles. The summed E-state index contributed by atoms with van der Waals surface area (Å²) in [6.07, 6.45) is 0. The van der Waals surface area contributed by atoms with Crippen molar-refractivity contribution in [2.24, 2.45) is 4.99 Å². The average Bonchev–Trinajstić information content (AvgIpc) is 2.80. The van der Waals surface area contributed by atoms with Crippen LogP contribution in [-0.2, 0) is 13.1 Å². The van der Waals surface area contributed by atoms with Crippen LogP contribution in [0.1, 0.15) is 16.7 Å². The van der Waals surface area contributed by atoms with Gasteiger partial charge in [-0.15, -0.1) is 0 Å². The van der Waals surface area contributed by atoms with Crippen LogP contribution in [0.2, 0.25) is 0 Å². The number of aromatic nitrogens is 1. The first-order valence-electron chi connectivity index (χ1n) is 10.3. The van der Waals surface area contributed by atoms with Crippen LogP contribution < -0.4 is 4.74 Å². The molecule has 3 aromatic carbocycles. The molecule has 2 heterocycles. The zero-order chi connectivity index (χ0) is 21.2. The van der Waals surface area contributed by atoms with Crippen molar-refractivity contribution in [3.8, 4) is 5.75 Å². The number of benzene rings is 3. The zero-order valence-electron chi connectivity index (χ0n) is 17.6. The van der Waals surface area contributed by atoms with Gasteiger partial charge in [0.25, 0.3) is 0 Å². The van der Waals surface area contributed by atoms with Gasteiger partial charge in [0.2, 0.25) is 0 Å². The molecule has 0 atom stereocenters. The van der Waals surface area contributed by atoms with Gasteiger partial charge in [-0.3, -0.25) is 0 Å². The molecule has 4 nitrogen and oxygen atoms in total. The number of thioether (sulfide) groups is 1. The molecule has 0 spiro atoms. The molecule has 5 heteroatoms. The Morgan fingerprint density at radius 1 is 1.00 bits per heavy atom. The van der Waals surface area contributed by atoms with E-state index in [9.17, 15) is 0 Å². The molecule has 31 heavy (non-hydrogen) atoms. The highest BCUT2D eigenvalue weighted by atomic mass is 32.2. The molecule has 4 aromatic rings. The summed E-state index contributed by atoms with van der Waals surface area (Å²) < 4.78 is 5.28. The van der Waals surface area contributed by atoms with Gasteiger partial charge in [0.1, 0.15) is 10.8 Å². The topological polar surface area (TPSA) is 37.7 Å². The average molecular weight is 426 g/mol. The minimum Gasteiger partial charge on any atom is -0.497 e. The first kappa shape index (κ1) is 19.6. The van der Waals surface area contributed by atoms with Crippen molar-refractivity contribution in [1.82, 2.24) is 9.88 Å². The molecule has 5 rings (SSSR count). The summed E-state index contributed by atoms with van der Waals surface area (Å²) in [6.45, 7) is 3.69. The molecule has 0 saturated heterocycles. The van der Waals surface area contributed by atoms with Crippen LogP contribution >= 0.6 is 11.8 Å². The lowest BCUT2D eigenvalue weighted by Crippen LogP contribution is -2.31. The number of methoxy groups -OCH3 is 1. The van der Waals surface area contributed by atoms with E-state index >= 15 is 0 Å². The van der Waals surface area contributed by atoms with E-state index in [2.05, 4.69) is 66.4 Å². The smallest absolute Gasteiger partial charge is 0.171 e. The van der Waals surface area contributed by atoms with Crippen molar-refractivity contribution < 1.29 is 4.74 Å². The fourth-order valence-corrected chi connectivity index (χ4v) is 4.76. The van der Waals surface area contributed by atoms with Gasteiger partial charge in [-0.1, -0.05) is 48.5 Å². The summed E-state index contributed by atoms with van der Waals surface area (Å²) in [7, 11) is 1.67. The van der Waals surface area contributed by atoms with E-state index in [1.807, 2.05) is 24.3 Å². The third-order valence-electron chi connectivity index (χ3n) is 5.42. The monoisotopic (exact) mass is 425 g/mol. The second-order valence-corrected chi connectivity index (χ2v) is 8.59. The normalized spacial score (nSPS) is 14.6. The quantitative estimate of drug-likeness (QED) is 0.382. The SMILES string of the molecule is COc1ccc(N=C2Sc3nc4c(C)cccc4cc3CN2Cc2ccccc2)cc1. The number of aliphatic imine (C=N–C) groups is 1. The number of hydrogen-bond donors (Lipinski definition) is 0. The Labute approximate surface area is 186 Å². The van der Waals surface area contributed by atoms with Crippen molar-refractivity contribution in [1.29, 1.82) is 0 Å². The highest BCUT2D eigenvalue weighted by molar-refractivity contribution is 8.13. The van der Waals surface area contributed by atoms with Gasteiger partial charge in [-0.2, -0.15) is 0 Å². The number of hydrogen-bond acceptors (Lipinski definition) is 4. The zero-order valence-corrected chi connectivity index (χ0v) is 18.4. The fraction of sp³-hybridized carbons (Fsp3) is 0.154. The van der Waals surface area contributed by atoms with Crippen molar-refractivity contribution in [3.05, 3.63) is 95.6 Å². The molecule has 0 amide bonds. The molecule has 1 aromatic heterocycles. The summed E-state index contributed by atoms with van der Waals surface area (Å²) >= 11 is 1.65. The molecule has 0 N–H and O–H groups in total. The number of fused-ring (bicyclic) bond motifs is 2. The summed E-state index contributed by atoms with van der Waals surface area (Å²) in [4.78, 5) is 12.3. The van der Waals surface area contributed by atoms with Gasteiger partial charge in [-0.05, 0) is 60.1 Å². The minimum absolute atomic E-state index is 0.781. The Bertz CT molecular complexity index is 1250. The van der Waals surface area contributed by atoms with E-state index in [1.54, 1.807) is 18.9 Å². The van der Waals surface area contributed by atoms with Gasteiger partial charge in [-0.25, -0.2) is 9.98 Å². The van der Waals surface area contributed by atoms with Crippen LogP contribution in [0.5, 0.6) is 5.75 Å². The van der Waals surface area contributed by atoms with E-state index in [1.165, 1.54) is 22.1 Å². The maximum absolute atomic E-state index is 5.28. The van der Waals surface area contributed by atoms with Crippen molar-refractivity contribution >= 4 is 33.5 Å². The van der Waals surface area contributed by atoms with Gasteiger partial charge >= 0.3 is 0 Å². The van der Waals surface area contributed by atoms with Gasteiger partial charge < -0.3 is 9.64 Å². The second kappa shape index (κ2) is 8.44. The lowest BCUT2D eigenvalue weighted by Gasteiger charge is -2.31. The summed E-state index contributed by atoms with van der Waals surface area (Å²) in [5.74, 6) is 0.829. The van der Waals surface area contributed by atoms with Gasteiger partial charge in [0.15, 0.2) is 5.17 Å². The van der Waals surface area contributed by atoms with E-state index in [-0.39, 0.29) is 0 Å². The summed E-state index contributed by atoms with van der Waals surface area (Å²) in [5.41, 5.74) is 5.67. The van der Waals surface area contributed by atoms with E-state index < -0.39 is 0 Å². The fourth-order valence-electron chi connectivity index (χ4n) is 3.79. The number of nitrogens with zero attached hydrogens (tertiary/aromatic N) is 3. The van der Waals surface area contributed by atoms with Crippen molar-refractivity contribution in [2.45, 2.75) is 25.0 Å². The van der Waals surface area contributed by atoms with Crippen LogP contribution in [0.25, 0.3) is 10.9 Å². The molecule has 154 valence electrons. The van der Waals surface area contributed by atoms with Crippen LogP contribution in [0.15, 0.2) is 88.9 Å². The molecule has 0 fully saturated rings. The van der Waals surface area contributed by atoms with Crippen molar-refractivity contribution in [3.63, 3.8) is 0 Å². The second-order valence-electron chi connectivity index (χ2n) is 7.64. The molecule has 0 saturated carbocycles. The van der Waals surface area contributed by atoms with Crippen LogP contribution in [0.4, 0.5) is 5.69 Å². The standard InChI is InChI=1S/C26H23N3OS/c1-18-7-6-10-20-15-21-17-29(16-19-8-4-3-5-9-19)26(31-25(21)28-24(18)20)27-22-11-13-23(30-2)14-12-22/h3-15H,16-17H2,1-2H3. The summed E-state index contributed by atoms with van der Waals surface area (Å²) in [6, 6.07) is 27.0. The number of pyridine rings is 1. The summed E-state index contributed by atoms with van der Waals surface area (Å²) in [5, 5.41) is 3.19. The Kier molecular flexibility index (Phi) is 5.35. The molecule has 0 radical (unpaired) electrons. The van der Waals surface area contributed by atoms with Crippen LogP contribution in [0.3, 0.4) is 0 Å².